The number of fused-ring (bicyclic) bond motifs is 1. The van der Waals surface area contributed by atoms with Gasteiger partial charge in [-0.25, -0.2) is 0 Å². The standard InChI is InChI=1S/C24H29N3O3/c1-2-30-23-15-21(20-10-6-12-25-20)27-22(23)14-17-13-18-16(7-3-4-11-24(28)29)8-5-9-19(18)26-17/h6,10,12-16,25,27H,2-5,7-9,11H2,1H3,(H,28,29)/b17-14-. The van der Waals surface area contributed by atoms with Gasteiger partial charge in [-0.2, -0.15) is 0 Å². The van der Waals surface area contributed by atoms with Crippen molar-refractivity contribution in [1.29, 1.82) is 0 Å². The molecule has 2 aliphatic rings. The highest BCUT2D eigenvalue weighted by atomic mass is 16.5. The van der Waals surface area contributed by atoms with E-state index < -0.39 is 5.97 Å². The van der Waals surface area contributed by atoms with Gasteiger partial charge in [0.25, 0.3) is 0 Å². The first-order chi connectivity index (χ1) is 14.6. The number of nitrogens with zero attached hydrogens (tertiary/aromatic N) is 1. The molecule has 3 heterocycles. The number of unbranched alkanes of at least 4 members (excludes halogenated alkanes) is 1. The molecule has 3 N–H and O–H groups in total. The van der Waals surface area contributed by atoms with E-state index in [0.717, 1.165) is 67.1 Å². The first-order valence-electron chi connectivity index (χ1n) is 10.9. The highest BCUT2D eigenvalue weighted by Crippen LogP contribution is 2.37. The van der Waals surface area contributed by atoms with E-state index in [1.54, 1.807) is 0 Å². The van der Waals surface area contributed by atoms with Crippen LogP contribution >= 0.6 is 0 Å². The lowest BCUT2D eigenvalue weighted by atomic mass is 9.80. The maximum absolute atomic E-state index is 10.7. The summed E-state index contributed by atoms with van der Waals surface area (Å²) >= 11 is 0. The maximum atomic E-state index is 10.7. The quantitative estimate of drug-likeness (QED) is 0.474. The van der Waals surface area contributed by atoms with Crippen molar-refractivity contribution in [3.8, 4) is 17.1 Å². The molecule has 0 bridgehead atoms. The summed E-state index contributed by atoms with van der Waals surface area (Å²) in [4.78, 5) is 22.3. The summed E-state index contributed by atoms with van der Waals surface area (Å²) in [6.45, 7) is 2.59. The smallest absolute Gasteiger partial charge is 0.303 e. The number of carbonyl (C=O) groups is 1. The van der Waals surface area contributed by atoms with Crippen LogP contribution in [0.3, 0.4) is 0 Å². The molecule has 2 aromatic heterocycles. The fourth-order valence-electron chi connectivity index (χ4n) is 4.39. The molecule has 0 spiro atoms. The lowest BCUT2D eigenvalue weighted by Gasteiger charge is -2.24. The Kier molecular flexibility index (Phi) is 6.21. The van der Waals surface area contributed by atoms with E-state index in [4.69, 9.17) is 14.8 Å². The second-order valence-electron chi connectivity index (χ2n) is 7.93. The van der Waals surface area contributed by atoms with Crippen molar-refractivity contribution >= 4 is 17.8 Å². The summed E-state index contributed by atoms with van der Waals surface area (Å²) in [5.74, 6) is 0.607. The third-order valence-electron chi connectivity index (χ3n) is 5.79. The number of aliphatic imine (C=N–C) groups is 1. The molecule has 1 fully saturated rings. The van der Waals surface area contributed by atoms with Crippen molar-refractivity contribution in [2.24, 2.45) is 10.9 Å². The van der Waals surface area contributed by atoms with Gasteiger partial charge >= 0.3 is 5.97 Å². The first kappa shape index (κ1) is 20.3. The zero-order valence-corrected chi connectivity index (χ0v) is 17.4. The minimum Gasteiger partial charge on any atom is -0.492 e. The molecule has 1 unspecified atom stereocenters. The van der Waals surface area contributed by atoms with Crippen LogP contribution in [0.4, 0.5) is 0 Å². The van der Waals surface area contributed by atoms with E-state index in [9.17, 15) is 4.79 Å². The van der Waals surface area contributed by atoms with E-state index in [-0.39, 0.29) is 6.42 Å². The Balaban J connectivity index is 1.53. The Labute approximate surface area is 176 Å². The van der Waals surface area contributed by atoms with Crippen molar-refractivity contribution in [3.05, 3.63) is 47.4 Å². The Hall–Kier alpha value is -3.02. The zero-order chi connectivity index (χ0) is 20.9. The average molecular weight is 408 g/mol. The maximum Gasteiger partial charge on any atom is 0.303 e. The molecule has 158 valence electrons. The lowest BCUT2D eigenvalue weighted by Crippen LogP contribution is -2.17. The normalized spacial score (nSPS) is 19.5. The summed E-state index contributed by atoms with van der Waals surface area (Å²) in [5.41, 5.74) is 6.43. The molecule has 6 heteroatoms. The summed E-state index contributed by atoms with van der Waals surface area (Å²) in [6, 6.07) is 6.03. The van der Waals surface area contributed by atoms with Crippen LogP contribution in [0.5, 0.6) is 5.75 Å². The van der Waals surface area contributed by atoms with Crippen LogP contribution in [-0.2, 0) is 4.79 Å². The van der Waals surface area contributed by atoms with Gasteiger partial charge in [0, 0.05) is 24.4 Å². The topological polar surface area (TPSA) is 90.5 Å². The van der Waals surface area contributed by atoms with Gasteiger partial charge in [0.1, 0.15) is 5.75 Å². The molecule has 1 atom stereocenters. The number of allylic oxidation sites excluding steroid dienone is 2. The van der Waals surface area contributed by atoms with Gasteiger partial charge in [0.15, 0.2) is 0 Å². The monoisotopic (exact) mass is 407 g/mol. The van der Waals surface area contributed by atoms with Crippen LogP contribution < -0.4 is 4.74 Å². The van der Waals surface area contributed by atoms with E-state index in [1.807, 2.05) is 31.3 Å². The van der Waals surface area contributed by atoms with Gasteiger partial charge < -0.3 is 19.8 Å². The van der Waals surface area contributed by atoms with Crippen LogP contribution in [-0.4, -0.2) is 33.4 Å². The molecule has 30 heavy (non-hydrogen) atoms. The van der Waals surface area contributed by atoms with Gasteiger partial charge in [-0.3, -0.25) is 9.79 Å². The second kappa shape index (κ2) is 9.20. The number of carboxylic acids is 1. The number of hydrogen-bond donors (Lipinski definition) is 3. The van der Waals surface area contributed by atoms with Gasteiger partial charge in [-0.1, -0.05) is 6.42 Å². The molecule has 1 aliphatic carbocycles. The molecular weight excluding hydrogens is 378 g/mol. The number of ether oxygens (including phenoxy) is 1. The number of rotatable bonds is 9. The van der Waals surface area contributed by atoms with Crippen molar-refractivity contribution in [3.63, 3.8) is 0 Å². The minimum atomic E-state index is -0.707. The summed E-state index contributed by atoms with van der Waals surface area (Å²) in [7, 11) is 0. The number of H-pyrrole nitrogens is 2. The molecule has 6 nitrogen and oxygen atoms in total. The molecule has 0 radical (unpaired) electrons. The summed E-state index contributed by atoms with van der Waals surface area (Å²) in [5, 5.41) is 8.85. The number of aromatic nitrogens is 2. The van der Waals surface area contributed by atoms with Gasteiger partial charge in [-0.05, 0) is 74.8 Å². The predicted octanol–water partition coefficient (Wildman–Crippen LogP) is 5.58. The minimum absolute atomic E-state index is 0.258. The van der Waals surface area contributed by atoms with Crippen molar-refractivity contribution in [1.82, 2.24) is 9.97 Å². The predicted molar refractivity (Wildman–Crippen MR) is 119 cm³/mol. The summed E-state index contributed by atoms with van der Waals surface area (Å²) < 4.78 is 5.84. The van der Waals surface area contributed by atoms with Gasteiger partial charge in [0.05, 0.1) is 29.4 Å². The molecule has 2 aromatic rings. The van der Waals surface area contributed by atoms with Crippen LogP contribution in [0, 0.1) is 5.92 Å². The Morgan fingerprint density at radius 2 is 2.27 bits per heavy atom. The fraction of sp³-hybridized carbons (Fsp3) is 0.417. The Morgan fingerprint density at radius 1 is 1.37 bits per heavy atom. The van der Waals surface area contributed by atoms with Gasteiger partial charge in [-0.15, -0.1) is 0 Å². The van der Waals surface area contributed by atoms with Crippen LogP contribution in [0.15, 0.2) is 46.7 Å². The highest BCUT2D eigenvalue weighted by Gasteiger charge is 2.27. The number of nitrogens with one attached hydrogen (secondary N) is 2. The largest absolute Gasteiger partial charge is 0.492 e. The molecule has 1 aliphatic heterocycles. The molecular formula is C24H29N3O3. The Morgan fingerprint density at radius 3 is 3.03 bits per heavy atom. The first-order valence-corrected chi connectivity index (χ1v) is 10.9. The van der Waals surface area contributed by atoms with Crippen LogP contribution in [0.1, 0.15) is 57.6 Å². The van der Waals surface area contributed by atoms with Crippen LogP contribution in [0.2, 0.25) is 0 Å². The summed E-state index contributed by atoms with van der Waals surface area (Å²) in [6.07, 6.45) is 12.5. The van der Waals surface area contributed by atoms with Gasteiger partial charge in [0.2, 0.25) is 0 Å². The van der Waals surface area contributed by atoms with E-state index >= 15 is 0 Å². The second-order valence-corrected chi connectivity index (χ2v) is 7.93. The SMILES string of the molecule is CCOc1cc(-c2ccc[nH]2)[nH]c1/C=C1/C=C2C(=N1)CCCC2CCCCC(=O)O. The molecule has 0 amide bonds. The van der Waals surface area contributed by atoms with E-state index in [0.29, 0.717) is 12.5 Å². The third-order valence-corrected chi connectivity index (χ3v) is 5.79. The molecule has 0 aromatic carbocycles. The zero-order valence-electron chi connectivity index (χ0n) is 17.4. The number of hydrogen-bond acceptors (Lipinski definition) is 3. The lowest BCUT2D eigenvalue weighted by molar-refractivity contribution is -0.137. The Bertz CT molecular complexity index is 980. The number of aliphatic carboxylic acids is 1. The fourth-order valence-corrected chi connectivity index (χ4v) is 4.39. The third kappa shape index (κ3) is 4.58. The van der Waals surface area contributed by atoms with E-state index in [2.05, 4.69) is 22.1 Å². The molecule has 4 rings (SSSR count). The molecule has 0 saturated heterocycles. The van der Waals surface area contributed by atoms with Crippen LogP contribution in [0.25, 0.3) is 17.5 Å². The highest BCUT2D eigenvalue weighted by molar-refractivity contribution is 6.05. The van der Waals surface area contributed by atoms with E-state index in [1.165, 1.54) is 11.3 Å². The van der Waals surface area contributed by atoms with Crippen molar-refractivity contribution in [2.45, 2.75) is 51.9 Å². The van der Waals surface area contributed by atoms with Crippen molar-refractivity contribution < 1.29 is 14.6 Å². The number of aromatic amines is 2. The van der Waals surface area contributed by atoms with Crippen molar-refractivity contribution in [2.75, 3.05) is 6.61 Å². The number of carboxylic acid groups (broad SMARTS) is 1. The molecule has 1 saturated carbocycles. The average Bonchev–Trinajstić information content (AvgIpc) is 3.45.